The molecule has 0 heterocycles. The molecule has 0 spiro atoms. The number of rotatable bonds is 4. The Labute approximate surface area is 107 Å². The minimum atomic E-state index is -0.115. The van der Waals surface area contributed by atoms with Crippen molar-refractivity contribution in [1.29, 1.82) is 0 Å². The smallest absolute Gasteiger partial charge is 0.251 e. The summed E-state index contributed by atoms with van der Waals surface area (Å²) >= 11 is 5.97. The van der Waals surface area contributed by atoms with Gasteiger partial charge in [-0.2, -0.15) is 0 Å². The third-order valence-electron chi connectivity index (χ3n) is 2.77. The van der Waals surface area contributed by atoms with Crippen molar-refractivity contribution in [1.82, 2.24) is 5.32 Å². The van der Waals surface area contributed by atoms with Crippen LogP contribution in [0.1, 0.15) is 31.1 Å². The van der Waals surface area contributed by atoms with E-state index in [9.17, 15) is 4.79 Å². The van der Waals surface area contributed by atoms with E-state index in [1.165, 1.54) is 0 Å². The Morgan fingerprint density at radius 3 is 2.47 bits per heavy atom. The molecule has 1 N–H and O–H groups in total. The number of benzene rings is 1. The van der Waals surface area contributed by atoms with E-state index in [2.05, 4.69) is 19.2 Å². The van der Waals surface area contributed by atoms with Crippen molar-refractivity contribution in [3.63, 3.8) is 0 Å². The number of hydrogen-bond acceptors (Lipinski definition) is 2. The van der Waals surface area contributed by atoms with Gasteiger partial charge in [0.25, 0.3) is 5.91 Å². The largest absolute Gasteiger partial charge is 0.495 e. The first kappa shape index (κ1) is 13.8. The average Bonchev–Trinajstić information content (AvgIpc) is 2.28. The van der Waals surface area contributed by atoms with Crippen molar-refractivity contribution in [3.05, 3.63) is 28.8 Å². The molecule has 94 valence electrons. The van der Waals surface area contributed by atoms with Crippen molar-refractivity contribution in [2.24, 2.45) is 5.92 Å². The first-order chi connectivity index (χ1) is 7.95. The third kappa shape index (κ3) is 3.63. The lowest BCUT2D eigenvalue weighted by molar-refractivity contribution is 0.0930. The molecule has 0 aliphatic carbocycles. The van der Waals surface area contributed by atoms with E-state index in [-0.39, 0.29) is 11.9 Å². The fraction of sp³-hybridized carbons (Fsp3) is 0.462. The summed E-state index contributed by atoms with van der Waals surface area (Å²) in [6.45, 7) is 6.10. The molecule has 1 rings (SSSR count). The Morgan fingerprint density at radius 1 is 1.35 bits per heavy atom. The van der Waals surface area contributed by atoms with Gasteiger partial charge in [-0.15, -0.1) is 0 Å². The number of hydrogen-bond donors (Lipinski definition) is 1. The SMILES string of the molecule is COc1ccc(C(=O)N[C@@H](C)C(C)C)cc1Cl. The topological polar surface area (TPSA) is 38.3 Å². The lowest BCUT2D eigenvalue weighted by Gasteiger charge is -2.17. The van der Waals surface area contributed by atoms with E-state index in [1.54, 1.807) is 25.3 Å². The molecular weight excluding hydrogens is 238 g/mol. The van der Waals surface area contributed by atoms with Crippen molar-refractivity contribution >= 4 is 17.5 Å². The third-order valence-corrected chi connectivity index (χ3v) is 3.07. The molecule has 17 heavy (non-hydrogen) atoms. The zero-order valence-corrected chi connectivity index (χ0v) is 11.3. The summed E-state index contributed by atoms with van der Waals surface area (Å²) in [5.74, 6) is 0.851. The highest BCUT2D eigenvalue weighted by Gasteiger charge is 2.13. The second-order valence-corrected chi connectivity index (χ2v) is 4.76. The summed E-state index contributed by atoms with van der Waals surface area (Å²) < 4.78 is 5.04. The maximum atomic E-state index is 11.9. The van der Waals surface area contributed by atoms with E-state index in [0.717, 1.165) is 0 Å². The standard InChI is InChI=1S/C13H18ClNO2/c1-8(2)9(3)15-13(16)10-5-6-12(17-4)11(14)7-10/h5-9H,1-4H3,(H,15,16)/t9-/m0/s1. The molecule has 0 radical (unpaired) electrons. The Morgan fingerprint density at radius 2 is 2.00 bits per heavy atom. The van der Waals surface area contributed by atoms with Gasteiger partial charge in [-0.3, -0.25) is 4.79 Å². The van der Waals surface area contributed by atoms with Crippen LogP contribution in [0, 0.1) is 5.92 Å². The van der Waals surface area contributed by atoms with E-state index >= 15 is 0 Å². The molecule has 0 saturated carbocycles. The van der Waals surface area contributed by atoms with E-state index in [4.69, 9.17) is 16.3 Å². The summed E-state index contributed by atoms with van der Waals surface area (Å²) in [6, 6.07) is 5.14. The molecule has 1 atom stereocenters. The molecule has 0 fully saturated rings. The van der Waals surface area contributed by atoms with Gasteiger partial charge in [0.05, 0.1) is 12.1 Å². The molecule has 0 aliphatic rings. The highest BCUT2D eigenvalue weighted by Crippen LogP contribution is 2.24. The number of ether oxygens (including phenoxy) is 1. The molecule has 3 nitrogen and oxygen atoms in total. The summed E-state index contributed by atoms with van der Waals surface area (Å²) in [4.78, 5) is 11.9. The van der Waals surface area contributed by atoms with Gasteiger partial charge in [0.15, 0.2) is 0 Å². The second-order valence-electron chi connectivity index (χ2n) is 4.36. The fourth-order valence-electron chi connectivity index (χ4n) is 1.26. The minimum absolute atomic E-state index is 0.115. The molecule has 1 aromatic carbocycles. The van der Waals surface area contributed by atoms with E-state index in [1.807, 2.05) is 6.92 Å². The van der Waals surface area contributed by atoms with Crippen LogP contribution in [0.3, 0.4) is 0 Å². The number of amides is 1. The van der Waals surface area contributed by atoms with Crippen molar-refractivity contribution in [3.8, 4) is 5.75 Å². The zero-order valence-electron chi connectivity index (χ0n) is 10.6. The Balaban J connectivity index is 2.80. The molecule has 0 saturated heterocycles. The molecule has 0 aliphatic heterocycles. The highest BCUT2D eigenvalue weighted by atomic mass is 35.5. The lowest BCUT2D eigenvalue weighted by atomic mass is 10.1. The van der Waals surface area contributed by atoms with Crippen LogP contribution in [-0.4, -0.2) is 19.1 Å². The summed E-state index contributed by atoms with van der Waals surface area (Å²) in [5, 5.41) is 3.36. The monoisotopic (exact) mass is 255 g/mol. The molecule has 0 bridgehead atoms. The van der Waals surface area contributed by atoms with Crippen molar-refractivity contribution < 1.29 is 9.53 Å². The maximum Gasteiger partial charge on any atom is 0.251 e. The van der Waals surface area contributed by atoms with Crippen molar-refractivity contribution in [2.45, 2.75) is 26.8 Å². The highest BCUT2D eigenvalue weighted by molar-refractivity contribution is 6.32. The number of nitrogens with one attached hydrogen (secondary N) is 1. The number of halogens is 1. The van der Waals surface area contributed by atoms with Crippen LogP contribution in [0.2, 0.25) is 5.02 Å². The molecule has 1 aromatic rings. The molecule has 0 aromatic heterocycles. The van der Waals surface area contributed by atoms with Crippen LogP contribution in [0.15, 0.2) is 18.2 Å². The Kier molecular flexibility index (Phi) is 4.82. The Bertz CT molecular complexity index is 404. The second kappa shape index (κ2) is 5.92. The molecule has 4 heteroatoms. The van der Waals surface area contributed by atoms with Gasteiger partial charge in [0.1, 0.15) is 5.75 Å². The van der Waals surface area contributed by atoms with Crippen LogP contribution < -0.4 is 10.1 Å². The minimum Gasteiger partial charge on any atom is -0.495 e. The van der Waals surface area contributed by atoms with Gasteiger partial charge in [0, 0.05) is 11.6 Å². The average molecular weight is 256 g/mol. The first-order valence-electron chi connectivity index (χ1n) is 5.60. The van der Waals surface area contributed by atoms with Gasteiger partial charge in [-0.1, -0.05) is 25.4 Å². The quantitative estimate of drug-likeness (QED) is 0.898. The van der Waals surface area contributed by atoms with E-state index < -0.39 is 0 Å². The number of carbonyl (C=O) groups excluding carboxylic acids is 1. The lowest BCUT2D eigenvalue weighted by Crippen LogP contribution is -2.36. The molecule has 1 amide bonds. The van der Waals surface area contributed by atoms with Gasteiger partial charge >= 0.3 is 0 Å². The van der Waals surface area contributed by atoms with E-state index in [0.29, 0.717) is 22.3 Å². The van der Waals surface area contributed by atoms with Crippen LogP contribution in [0.25, 0.3) is 0 Å². The van der Waals surface area contributed by atoms with Crippen molar-refractivity contribution in [2.75, 3.05) is 7.11 Å². The van der Waals surface area contributed by atoms with Crippen LogP contribution >= 0.6 is 11.6 Å². The summed E-state index contributed by atoms with van der Waals surface area (Å²) in [7, 11) is 1.54. The van der Waals surface area contributed by atoms with Gasteiger partial charge in [0.2, 0.25) is 0 Å². The fourth-order valence-corrected chi connectivity index (χ4v) is 1.52. The van der Waals surface area contributed by atoms with Crippen LogP contribution in [0.4, 0.5) is 0 Å². The predicted octanol–water partition coefficient (Wildman–Crippen LogP) is 3.12. The zero-order chi connectivity index (χ0) is 13.0. The first-order valence-corrected chi connectivity index (χ1v) is 5.98. The van der Waals surface area contributed by atoms with Gasteiger partial charge < -0.3 is 10.1 Å². The normalized spacial score (nSPS) is 12.4. The Hall–Kier alpha value is -1.22. The molecular formula is C13H18ClNO2. The maximum absolute atomic E-state index is 11.9. The molecule has 0 unspecified atom stereocenters. The summed E-state index contributed by atoms with van der Waals surface area (Å²) in [5.41, 5.74) is 0.545. The number of carbonyl (C=O) groups is 1. The number of methoxy groups -OCH3 is 1. The van der Waals surface area contributed by atoms with Crippen LogP contribution in [-0.2, 0) is 0 Å². The predicted molar refractivity (Wildman–Crippen MR) is 69.8 cm³/mol. The van der Waals surface area contributed by atoms with Gasteiger partial charge in [-0.05, 0) is 31.0 Å². The van der Waals surface area contributed by atoms with Crippen LogP contribution in [0.5, 0.6) is 5.75 Å². The van der Waals surface area contributed by atoms with Gasteiger partial charge in [-0.25, -0.2) is 0 Å². The summed E-state index contributed by atoms with van der Waals surface area (Å²) in [6.07, 6.45) is 0.